The molecule has 0 aromatic heterocycles. The van der Waals surface area contributed by atoms with Crippen LogP contribution in [0.4, 0.5) is 4.39 Å². The largest absolute Gasteiger partial charge is 0.465 e. The monoisotopic (exact) mass is 329 g/mol. The summed E-state index contributed by atoms with van der Waals surface area (Å²) in [6.45, 7) is 1.20. The van der Waals surface area contributed by atoms with Gasteiger partial charge < -0.3 is 9.84 Å². The standard InChI is InChI=1S/C19H20FNO3/c1-24-19(23)17-10-15(20)7-6-14(17)11-21-9-8-13-4-2-3-5-16(13)18(21)12-22/h2-7,10,18,22H,8-9,11-12H2,1H3. The third kappa shape index (κ3) is 3.18. The molecule has 0 saturated heterocycles. The number of ether oxygens (including phenoxy) is 1. The number of nitrogens with zero attached hydrogens (tertiary/aromatic N) is 1. The molecule has 4 nitrogen and oxygen atoms in total. The van der Waals surface area contributed by atoms with Crippen molar-refractivity contribution in [2.75, 3.05) is 20.3 Å². The van der Waals surface area contributed by atoms with Crippen LogP contribution in [-0.2, 0) is 17.7 Å². The summed E-state index contributed by atoms with van der Waals surface area (Å²) >= 11 is 0. The van der Waals surface area contributed by atoms with Crippen LogP contribution in [0.15, 0.2) is 42.5 Å². The van der Waals surface area contributed by atoms with Gasteiger partial charge in [-0.05, 0) is 35.2 Å². The number of fused-ring (bicyclic) bond motifs is 1. The van der Waals surface area contributed by atoms with E-state index in [-0.39, 0.29) is 18.2 Å². The molecule has 0 saturated carbocycles. The third-order valence-corrected chi connectivity index (χ3v) is 4.55. The van der Waals surface area contributed by atoms with Crippen molar-refractivity contribution >= 4 is 5.97 Å². The Hall–Kier alpha value is -2.24. The molecule has 1 unspecified atom stereocenters. The SMILES string of the molecule is COC(=O)c1cc(F)ccc1CN1CCc2ccccc2C1CO. The van der Waals surface area contributed by atoms with Crippen LogP contribution in [0.2, 0.25) is 0 Å². The zero-order valence-electron chi connectivity index (χ0n) is 13.5. The maximum absolute atomic E-state index is 13.5. The second-order valence-electron chi connectivity index (χ2n) is 5.91. The molecule has 126 valence electrons. The van der Waals surface area contributed by atoms with Crippen molar-refractivity contribution in [1.82, 2.24) is 4.90 Å². The molecule has 0 amide bonds. The maximum Gasteiger partial charge on any atom is 0.338 e. The molecular formula is C19H20FNO3. The normalized spacial score (nSPS) is 17.4. The molecule has 0 aliphatic carbocycles. The average molecular weight is 329 g/mol. The van der Waals surface area contributed by atoms with E-state index in [4.69, 9.17) is 4.74 Å². The third-order valence-electron chi connectivity index (χ3n) is 4.55. The Morgan fingerprint density at radius 3 is 2.88 bits per heavy atom. The molecule has 2 aromatic rings. The van der Waals surface area contributed by atoms with Crippen molar-refractivity contribution < 1.29 is 19.0 Å². The van der Waals surface area contributed by atoms with Crippen LogP contribution in [0.1, 0.15) is 33.1 Å². The van der Waals surface area contributed by atoms with Gasteiger partial charge in [-0.15, -0.1) is 0 Å². The summed E-state index contributed by atoms with van der Waals surface area (Å²) in [4.78, 5) is 14.0. The number of halogens is 1. The number of methoxy groups -OCH3 is 1. The number of esters is 1. The fraction of sp³-hybridized carbons (Fsp3) is 0.316. The molecular weight excluding hydrogens is 309 g/mol. The highest BCUT2D eigenvalue weighted by molar-refractivity contribution is 5.91. The van der Waals surface area contributed by atoms with E-state index in [1.54, 1.807) is 6.07 Å². The molecule has 0 spiro atoms. The Bertz CT molecular complexity index is 747. The fourth-order valence-corrected chi connectivity index (χ4v) is 3.31. The summed E-state index contributed by atoms with van der Waals surface area (Å²) in [5.41, 5.74) is 3.27. The molecule has 0 fully saturated rings. The molecule has 1 aliphatic heterocycles. The molecule has 1 heterocycles. The number of aliphatic hydroxyl groups is 1. The van der Waals surface area contributed by atoms with Crippen molar-refractivity contribution in [3.8, 4) is 0 Å². The van der Waals surface area contributed by atoms with Crippen LogP contribution in [0.3, 0.4) is 0 Å². The molecule has 3 rings (SSSR count). The van der Waals surface area contributed by atoms with Crippen molar-refractivity contribution in [2.24, 2.45) is 0 Å². The lowest BCUT2D eigenvalue weighted by atomic mass is 9.92. The van der Waals surface area contributed by atoms with E-state index in [2.05, 4.69) is 11.0 Å². The van der Waals surface area contributed by atoms with Crippen molar-refractivity contribution in [1.29, 1.82) is 0 Å². The van der Waals surface area contributed by atoms with Gasteiger partial charge in [-0.25, -0.2) is 9.18 Å². The first-order valence-electron chi connectivity index (χ1n) is 7.93. The van der Waals surface area contributed by atoms with E-state index in [1.165, 1.54) is 24.8 Å². The number of hydrogen-bond acceptors (Lipinski definition) is 4. The Balaban J connectivity index is 1.90. The van der Waals surface area contributed by atoms with Gasteiger partial charge in [0.05, 0.1) is 25.3 Å². The second-order valence-corrected chi connectivity index (χ2v) is 5.91. The fourth-order valence-electron chi connectivity index (χ4n) is 3.31. The van der Waals surface area contributed by atoms with Crippen molar-refractivity contribution in [3.63, 3.8) is 0 Å². The number of carbonyl (C=O) groups excluding carboxylic acids is 1. The van der Waals surface area contributed by atoms with Crippen molar-refractivity contribution in [3.05, 3.63) is 70.5 Å². The molecule has 5 heteroatoms. The van der Waals surface area contributed by atoms with Gasteiger partial charge in [0.25, 0.3) is 0 Å². The van der Waals surface area contributed by atoms with E-state index < -0.39 is 11.8 Å². The van der Waals surface area contributed by atoms with E-state index in [9.17, 15) is 14.3 Å². The highest BCUT2D eigenvalue weighted by Gasteiger charge is 2.27. The summed E-state index contributed by atoms with van der Waals surface area (Å²) in [6, 6.07) is 12.1. The maximum atomic E-state index is 13.5. The minimum Gasteiger partial charge on any atom is -0.465 e. The number of aliphatic hydroxyl groups excluding tert-OH is 1. The predicted molar refractivity (Wildman–Crippen MR) is 88.1 cm³/mol. The zero-order chi connectivity index (χ0) is 17.1. The quantitative estimate of drug-likeness (QED) is 0.876. The molecule has 0 bridgehead atoms. The Morgan fingerprint density at radius 2 is 2.12 bits per heavy atom. The van der Waals surface area contributed by atoms with E-state index in [0.717, 1.165) is 18.5 Å². The zero-order valence-corrected chi connectivity index (χ0v) is 13.5. The van der Waals surface area contributed by atoms with Crippen LogP contribution in [0.25, 0.3) is 0 Å². The molecule has 1 N–H and O–H groups in total. The first kappa shape index (κ1) is 16.6. The van der Waals surface area contributed by atoms with E-state index in [0.29, 0.717) is 12.1 Å². The van der Waals surface area contributed by atoms with Gasteiger partial charge in [0, 0.05) is 13.1 Å². The van der Waals surface area contributed by atoms with Crippen LogP contribution < -0.4 is 0 Å². The molecule has 24 heavy (non-hydrogen) atoms. The Kier molecular flexibility index (Phi) is 4.92. The van der Waals surface area contributed by atoms with Gasteiger partial charge in [-0.3, -0.25) is 4.90 Å². The van der Waals surface area contributed by atoms with Crippen LogP contribution in [0, 0.1) is 5.82 Å². The minimum absolute atomic E-state index is 0.00817. The van der Waals surface area contributed by atoms with Crippen LogP contribution >= 0.6 is 0 Å². The van der Waals surface area contributed by atoms with E-state index in [1.807, 2.05) is 18.2 Å². The highest BCUT2D eigenvalue weighted by Crippen LogP contribution is 2.31. The van der Waals surface area contributed by atoms with Gasteiger partial charge in [0.2, 0.25) is 0 Å². The highest BCUT2D eigenvalue weighted by atomic mass is 19.1. The smallest absolute Gasteiger partial charge is 0.338 e. The summed E-state index contributed by atoms with van der Waals surface area (Å²) < 4.78 is 18.3. The summed E-state index contributed by atoms with van der Waals surface area (Å²) in [6.07, 6.45) is 0.876. The van der Waals surface area contributed by atoms with E-state index >= 15 is 0 Å². The van der Waals surface area contributed by atoms with Gasteiger partial charge in [-0.2, -0.15) is 0 Å². The van der Waals surface area contributed by atoms with Gasteiger partial charge in [0.1, 0.15) is 5.82 Å². The lowest BCUT2D eigenvalue weighted by Crippen LogP contribution is -2.37. The summed E-state index contributed by atoms with van der Waals surface area (Å²) in [7, 11) is 1.28. The average Bonchev–Trinajstić information content (AvgIpc) is 2.62. The molecule has 0 radical (unpaired) electrons. The Morgan fingerprint density at radius 1 is 1.33 bits per heavy atom. The lowest BCUT2D eigenvalue weighted by Gasteiger charge is -2.36. The van der Waals surface area contributed by atoms with Crippen LogP contribution in [-0.4, -0.2) is 36.2 Å². The minimum atomic E-state index is -0.553. The van der Waals surface area contributed by atoms with Crippen LogP contribution in [0.5, 0.6) is 0 Å². The predicted octanol–water partition coefficient (Wildman–Crippen LogP) is 2.70. The first-order chi connectivity index (χ1) is 11.6. The van der Waals surface area contributed by atoms with Gasteiger partial charge in [0.15, 0.2) is 0 Å². The van der Waals surface area contributed by atoms with Gasteiger partial charge >= 0.3 is 5.97 Å². The molecule has 1 atom stereocenters. The molecule has 2 aromatic carbocycles. The first-order valence-corrected chi connectivity index (χ1v) is 7.93. The number of rotatable bonds is 4. The van der Waals surface area contributed by atoms with Gasteiger partial charge in [-0.1, -0.05) is 30.3 Å². The summed E-state index contributed by atoms with van der Waals surface area (Å²) in [5, 5.41) is 9.86. The van der Waals surface area contributed by atoms with Crippen molar-refractivity contribution in [2.45, 2.75) is 19.0 Å². The Labute approximate surface area is 140 Å². The molecule has 1 aliphatic rings. The number of carbonyl (C=O) groups is 1. The second kappa shape index (κ2) is 7.11. The number of benzene rings is 2. The lowest BCUT2D eigenvalue weighted by molar-refractivity contribution is 0.0595. The number of hydrogen-bond donors (Lipinski definition) is 1. The summed E-state index contributed by atoms with van der Waals surface area (Å²) in [5.74, 6) is -1.02. The topological polar surface area (TPSA) is 49.8 Å².